The topological polar surface area (TPSA) is 75.4 Å². The Hall–Kier alpha value is -0.630. The van der Waals surface area contributed by atoms with Crippen molar-refractivity contribution < 1.29 is 8.42 Å². The number of benzene rings is 1. The molecule has 1 atom stereocenters. The molecule has 1 aliphatic heterocycles. The van der Waals surface area contributed by atoms with Crippen LogP contribution < -0.4 is 10.5 Å². The van der Waals surface area contributed by atoms with Crippen LogP contribution in [0.25, 0.3) is 0 Å². The van der Waals surface area contributed by atoms with E-state index >= 15 is 0 Å². The third kappa shape index (κ3) is 3.68. The van der Waals surface area contributed by atoms with Crippen LogP contribution in [0.15, 0.2) is 27.6 Å². The minimum Gasteiger partial charge on any atom is -0.398 e. The van der Waals surface area contributed by atoms with E-state index in [9.17, 15) is 8.42 Å². The van der Waals surface area contributed by atoms with Crippen molar-refractivity contribution in [2.75, 3.05) is 25.9 Å². The van der Waals surface area contributed by atoms with Crippen LogP contribution >= 0.6 is 15.9 Å². The fourth-order valence-corrected chi connectivity index (χ4v) is 3.78. The normalized spacial score (nSPS) is 21.5. The minimum atomic E-state index is -3.50. The van der Waals surface area contributed by atoms with Crippen LogP contribution in [-0.4, -0.2) is 39.5 Å². The zero-order valence-corrected chi connectivity index (χ0v) is 13.2. The SMILES string of the molecule is CN1CCCC(NS(=O)(=O)c2ccc(Br)c(N)c2)C1. The number of nitrogens with two attached hydrogens (primary N) is 1. The number of hydrogen-bond donors (Lipinski definition) is 2. The molecule has 1 unspecified atom stereocenters. The van der Waals surface area contributed by atoms with Crippen molar-refractivity contribution in [3.63, 3.8) is 0 Å². The van der Waals surface area contributed by atoms with Crippen molar-refractivity contribution in [2.45, 2.75) is 23.8 Å². The van der Waals surface area contributed by atoms with Crippen LogP contribution in [0.2, 0.25) is 0 Å². The first-order valence-electron chi connectivity index (χ1n) is 6.14. The van der Waals surface area contributed by atoms with E-state index in [1.165, 1.54) is 6.07 Å². The summed E-state index contributed by atoms with van der Waals surface area (Å²) in [4.78, 5) is 2.34. The van der Waals surface area contributed by atoms with E-state index in [0.29, 0.717) is 10.2 Å². The summed E-state index contributed by atoms with van der Waals surface area (Å²) < 4.78 is 28.0. The Morgan fingerprint density at radius 3 is 2.84 bits per heavy atom. The largest absolute Gasteiger partial charge is 0.398 e. The van der Waals surface area contributed by atoms with E-state index in [2.05, 4.69) is 25.6 Å². The molecule has 0 aliphatic carbocycles. The number of anilines is 1. The second kappa shape index (κ2) is 5.78. The van der Waals surface area contributed by atoms with Crippen LogP contribution in [0.5, 0.6) is 0 Å². The number of nitrogens with one attached hydrogen (secondary N) is 1. The molecule has 0 amide bonds. The smallest absolute Gasteiger partial charge is 0.240 e. The molecule has 1 heterocycles. The van der Waals surface area contributed by atoms with Gasteiger partial charge >= 0.3 is 0 Å². The van der Waals surface area contributed by atoms with Crippen molar-refractivity contribution in [1.82, 2.24) is 9.62 Å². The highest BCUT2D eigenvalue weighted by Crippen LogP contribution is 2.23. The molecule has 5 nitrogen and oxygen atoms in total. The van der Waals surface area contributed by atoms with E-state index in [1.54, 1.807) is 12.1 Å². The van der Waals surface area contributed by atoms with Gasteiger partial charge < -0.3 is 10.6 Å². The Morgan fingerprint density at radius 1 is 1.47 bits per heavy atom. The molecule has 19 heavy (non-hydrogen) atoms. The lowest BCUT2D eigenvalue weighted by atomic mass is 10.1. The first-order chi connectivity index (χ1) is 8.88. The van der Waals surface area contributed by atoms with Crippen molar-refractivity contribution in [2.24, 2.45) is 0 Å². The molecule has 0 spiro atoms. The second-order valence-corrected chi connectivity index (χ2v) is 7.47. The first-order valence-corrected chi connectivity index (χ1v) is 8.42. The standard InChI is InChI=1S/C12H18BrN3O2S/c1-16-6-2-3-9(8-16)15-19(17,18)10-4-5-11(13)12(14)7-10/h4-5,7,9,15H,2-3,6,8,14H2,1H3. The fraction of sp³-hybridized carbons (Fsp3) is 0.500. The number of likely N-dealkylation sites (N-methyl/N-ethyl adjacent to an activating group) is 1. The van der Waals surface area contributed by atoms with Crippen LogP contribution in [0, 0.1) is 0 Å². The molecule has 0 aromatic heterocycles. The van der Waals surface area contributed by atoms with Gasteiger partial charge in [-0.2, -0.15) is 0 Å². The third-order valence-electron chi connectivity index (χ3n) is 3.22. The third-order valence-corrected chi connectivity index (χ3v) is 5.46. The van der Waals surface area contributed by atoms with Crippen LogP contribution in [0.3, 0.4) is 0 Å². The van der Waals surface area contributed by atoms with Gasteiger partial charge in [0.1, 0.15) is 0 Å². The lowest BCUT2D eigenvalue weighted by Crippen LogP contribution is -2.46. The summed E-state index contributed by atoms with van der Waals surface area (Å²) in [6.07, 6.45) is 1.88. The average Bonchev–Trinajstić information content (AvgIpc) is 2.32. The summed E-state index contributed by atoms with van der Waals surface area (Å²) in [5, 5.41) is 0. The molecule has 7 heteroatoms. The summed E-state index contributed by atoms with van der Waals surface area (Å²) in [6.45, 7) is 1.76. The van der Waals surface area contributed by atoms with E-state index in [0.717, 1.165) is 25.9 Å². The molecule has 1 aliphatic rings. The maximum absolute atomic E-state index is 12.3. The number of hydrogen-bond acceptors (Lipinski definition) is 4. The second-order valence-electron chi connectivity index (χ2n) is 4.91. The lowest BCUT2D eigenvalue weighted by Gasteiger charge is -2.30. The van der Waals surface area contributed by atoms with Gasteiger partial charge in [-0.3, -0.25) is 0 Å². The molecule has 3 N–H and O–H groups in total. The van der Waals surface area contributed by atoms with Gasteiger partial charge in [-0.15, -0.1) is 0 Å². The monoisotopic (exact) mass is 347 g/mol. The maximum atomic E-state index is 12.3. The molecular weight excluding hydrogens is 330 g/mol. The number of likely N-dealkylation sites (tertiary alicyclic amines) is 1. The highest BCUT2D eigenvalue weighted by molar-refractivity contribution is 9.10. The van der Waals surface area contributed by atoms with Crippen molar-refractivity contribution in [1.29, 1.82) is 0 Å². The Bertz CT molecular complexity index is 562. The summed E-state index contributed by atoms with van der Waals surface area (Å²) in [7, 11) is -1.50. The maximum Gasteiger partial charge on any atom is 0.240 e. The van der Waals surface area contributed by atoms with Gasteiger partial charge in [0.15, 0.2) is 0 Å². The summed E-state index contributed by atoms with van der Waals surface area (Å²) in [5.74, 6) is 0. The molecule has 1 fully saturated rings. The molecule has 1 saturated heterocycles. The van der Waals surface area contributed by atoms with Crippen molar-refractivity contribution >= 4 is 31.6 Å². The Kier molecular flexibility index (Phi) is 4.50. The van der Waals surface area contributed by atoms with Gasteiger partial charge in [0.2, 0.25) is 10.0 Å². The molecule has 1 aromatic carbocycles. The highest BCUT2D eigenvalue weighted by Gasteiger charge is 2.24. The quantitative estimate of drug-likeness (QED) is 0.810. The molecule has 0 bridgehead atoms. The Balaban J connectivity index is 2.15. The number of halogens is 1. The molecular formula is C12H18BrN3O2S. The van der Waals surface area contributed by atoms with Gasteiger partial charge in [-0.05, 0) is 60.6 Å². The molecule has 1 aromatic rings. The predicted molar refractivity (Wildman–Crippen MR) is 79.4 cm³/mol. The van der Waals surface area contributed by atoms with E-state index in [4.69, 9.17) is 5.73 Å². The zero-order chi connectivity index (χ0) is 14.0. The summed E-state index contributed by atoms with van der Waals surface area (Å²) in [5.41, 5.74) is 6.15. The number of nitrogen functional groups attached to an aromatic ring is 1. The summed E-state index contributed by atoms with van der Waals surface area (Å²) in [6, 6.07) is 4.64. The van der Waals surface area contributed by atoms with E-state index in [1.807, 2.05) is 7.05 Å². The van der Waals surface area contributed by atoms with E-state index in [-0.39, 0.29) is 10.9 Å². The van der Waals surface area contributed by atoms with Crippen LogP contribution in [0.4, 0.5) is 5.69 Å². The molecule has 2 rings (SSSR count). The van der Waals surface area contributed by atoms with Gasteiger partial charge in [-0.25, -0.2) is 13.1 Å². The minimum absolute atomic E-state index is 0.0337. The van der Waals surface area contributed by atoms with Gasteiger partial charge in [0, 0.05) is 22.7 Å². The van der Waals surface area contributed by atoms with Crippen LogP contribution in [0.1, 0.15) is 12.8 Å². The van der Waals surface area contributed by atoms with Gasteiger partial charge in [0.05, 0.1) is 4.90 Å². The zero-order valence-electron chi connectivity index (χ0n) is 10.8. The summed E-state index contributed by atoms with van der Waals surface area (Å²) >= 11 is 3.26. The van der Waals surface area contributed by atoms with Crippen molar-refractivity contribution in [3.05, 3.63) is 22.7 Å². The number of nitrogens with zero attached hydrogens (tertiary/aromatic N) is 1. The number of rotatable bonds is 3. The van der Waals surface area contributed by atoms with Crippen molar-refractivity contribution in [3.8, 4) is 0 Å². The number of sulfonamides is 1. The predicted octanol–water partition coefficient (Wildman–Crippen LogP) is 1.40. The fourth-order valence-electron chi connectivity index (χ4n) is 2.24. The Morgan fingerprint density at radius 2 is 2.21 bits per heavy atom. The molecule has 0 radical (unpaired) electrons. The average molecular weight is 348 g/mol. The highest BCUT2D eigenvalue weighted by atomic mass is 79.9. The van der Waals surface area contributed by atoms with Gasteiger partial charge in [0.25, 0.3) is 0 Å². The first kappa shape index (κ1) is 14.8. The van der Waals surface area contributed by atoms with E-state index < -0.39 is 10.0 Å². The molecule has 0 saturated carbocycles. The van der Waals surface area contributed by atoms with Crippen LogP contribution in [-0.2, 0) is 10.0 Å². The number of piperidine rings is 1. The van der Waals surface area contributed by atoms with Gasteiger partial charge in [-0.1, -0.05) is 0 Å². The lowest BCUT2D eigenvalue weighted by molar-refractivity contribution is 0.242. The Labute approximate surface area is 122 Å². The molecule has 106 valence electrons.